The largest absolute Gasteiger partial charge is 0.114 e. The van der Waals surface area contributed by atoms with E-state index in [0.29, 0.717) is 0 Å². The van der Waals surface area contributed by atoms with Gasteiger partial charge in [-0.15, -0.1) is 29.9 Å². The Morgan fingerprint density at radius 1 is 0.815 bits per heavy atom. The van der Waals surface area contributed by atoms with Crippen LogP contribution in [0.25, 0.3) is 0 Å². The Hall–Kier alpha value is -2.70. The topological polar surface area (TPSA) is 0 Å². The molecular weight excluding hydrogens is 364 g/mol. The van der Waals surface area contributed by atoms with Gasteiger partial charge in [-0.05, 0) is 48.0 Å². The van der Waals surface area contributed by atoms with Crippen LogP contribution in [0.15, 0.2) is 82.6 Å². The number of terminal acetylenes is 1. The summed E-state index contributed by atoms with van der Waals surface area (Å²) >= 11 is 3.34. The highest BCUT2D eigenvalue weighted by Gasteiger charge is 1.99. The molecule has 0 atom stereocenters. The summed E-state index contributed by atoms with van der Waals surface area (Å²) in [5.41, 5.74) is 2.51. The molecule has 0 radical (unpaired) electrons. The van der Waals surface area contributed by atoms with Gasteiger partial charge in [-0.2, -0.15) is 0 Å². The fourth-order valence-corrected chi connectivity index (χ4v) is 3.61. The van der Waals surface area contributed by atoms with Gasteiger partial charge in [0.05, 0.1) is 9.81 Å². The Kier molecular flexibility index (Phi) is 9.63. The highest BCUT2D eigenvalue weighted by atomic mass is 32.2. The van der Waals surface area contributed by atoms with Crippen LogP contribution >= 0.6 is 23.5 Å². The van der Waals surface area contributed by atoms with E-state index < -0.39 is 0 Å². The first-order chi connectivity index (χ1) is 13.3. The van der Waals surface area contributed by atoms with Crippen molar-refractivity contribution < 1.29 is 0 Å². The summed E-state index contributed by atoms with van der Waals surface area (Å²) in [4.78, 5) is 1.84. The van der Waals surface area contributed by atoms with E-state index in [1.807, 2.05) is 48.6 Å². The van der Waals surface area contributed by atoms with Crippen molar-refractivity contribution in [3.63, 3.8) is 0 Å². The number of benzene rings is 2. The molecule has 0 aliphatic carbocycles. The molecule has 0 N–H and O–H groups in total. The lowest BCUT2D eigenvalue weighted by Crippen LogP contribution is -1.81. The fraction of sp³-hybridized carbons (Fsp3) is 0.120. The van der Waals surface area contributed by atoms with Crippen molar-refractivity contribution in [2.45, 2.75) is 18.4 Å². The molecule has 0 aliphatic rings. The summed E-state index contributed by atoms with van der Waals surface area (Å²) in [6, 6.07) is 20.6. The summed E-state index contributed by atoms with van der Waals surface area (Å²) in [5, 5.41) is 0. The molecule has 0 unspecified atom stereocenters. The number of rotatable bonds is 7. The van der Waals surface area contributed by atoms with E-state index in [0.717, 1.165) is 21.3 Å². The molecule has 0 bridgehead atoms. The van der Waals surface area contributed by atoms with E-state index in [1.54, 1.807) is 30.4 Å². The third-order valence-electron chi connectivity index (χ3n) is 3.38. The van der Waals surface area contributed by atoms with Crippen LogP contribution in [-0.2, 0) is 11.5 Å². The van der Waals surface area contributed by atoms with Gasteiger partial charge in [0.15, 0.2) is 0 Å². The standard InChI is InChI=1S/C25H20S2/c1-3-5-8-17-25(27-21-23-15-11-7-12-16-23)19-18-24(4-2)26-20-22-13-9-6-10-14-22/h2,6-7,9-16,18-19H,20-21H2,1H3. The lowest BCUT2D eigenvalue weighted by molar-refractivity contribution is 1.42. The second kappa shape index (κ2) is 12.6. The molecule has 0 spiro atoms. The Morgan fingerprint density at radius 2 is 1.33 bits per heavy atom. The molecule has 0 aromatic heterocycles. The van der Waals surface area contributed by atoms with Crippen molar-refractivity contribution in [2.24, 2.45) is 0 Å². The SMILES string of the molecule is C#CC(=CC=C(C#CC#CC)SCc1ccccc1)SCc1ccccc1. The first-order valence-electron chi connectivity index (χ1n) is 8.46. The van der Waals surface area contributed by atoms with Crippen LogP contribution in [0, 0.1) is 36.0 Å². The van der Waals surface area contributed by atoms with Gasteiger partial charge in [-0.1, -0.05) is 72.5 Å². The van der Waals surface area contributed by atoms with E-state index in [9.17, 15) is 0 Å². The third-order valence-corrected chi connectivity index (χ3v) is 5.45. The Morgan fingerprint density at radius 3 is 1.85 bits per heavy atom. The van der Waals surface area contributed by atoms with Gasteiger partial charge in [0, 0.05) is 11.5 Å². The van der Waals surface area contributed by atoms with Crippen LogP contribution in [-0.4, -0.2) is 0 Å². The van der Waals surface area contributed by atoms with Gasteiger partial charge in [0.25, 0.3) is 0 Å². The molecule has 132 valence electrons. The zero-order valence-electron chi connectivity index (χ0n) is 15.2. The molecule has 0 saturated carbocycles. The maximum Gasteiger partial charge on any atom is 0.0587 e. The zero-order chi connectivity index (χ0) is 19.2. The van der Waals surface area contributed by atoms with Crippen LogP contribution in [0.5, 0.6) is 0 Å². The molecule has 0 nitrogen and oxygen atoms in total. The van der Waals surface area contributed by atoms with Gasteiger partial charge < -0.3 is 0 Å². The second-order valence-electron chi connectivity index (χ2n) is 5.38. The highest BCUT2D eigenvalue weighted by Crippen LogP contribution is 2.24. The normalized spacial score (nSPS) is 10.8. The van der Waals surface area contributed by atoms with E-state index >= 15 is 0 Å². The molecule has 0 aliphatic heterocycles. The molecule has 2 aromatic carbocycles. The lowest BCUT2D eigenvalue weighted by atomic mass is 10.2. The number of hydrogen-bond acceptors (Lipinski definition) is 2. The maximum absolute atomic E-state index is 5.68. The molecule has 0 heterocycles. The van der Waals surface area contributed by atoms with Gasteiger partial charge in [0.2, 0.25) is 0 Å². The van der Waals surface area contributed by atoms with Crippen LogP contribution < -0.4 is 0 Å². The van der Waals surface area contributed by atoms with E-state index in [1.165, 1.54) is 11.1 Å². The second-order valence-corrected chi connectivity index (χ2v) is 7.41. The lowest BCUT2D eigenvalue weighted by Gasteiger charge is -2.02. The summed E-state index contributed by atoms with van der Waals surface area (Å²) in [6.07, 6.45) is 9.63. The molecular formula is C25H20S2. The predicted octanol–water partition coefficient (Wildman–Crippen LogP) is 6.28. The minimum absolute atomic E-state index is 0.851. The average Bonchev–Trinajstić information content (AvgIpc) is 2.73. The molecule has 0 saturated heterocycles. The van der Waals surface area contributed by atoms with Crippen LogP contribution in [0.3, 0.4) is 0 Å². The smallest absolute Gasteiger partial charge is 0.0587 e. The van der Waals surface area contributed by atoms with Gasteiger partial charge in [-0.3, -0.25) is 0 Å². The minimum Gasteiger partial charge on any atom is -0.114 e. The molecule has 2 aromatic rings. The number of allylic oxidation sites excluding steroid dienone is 4. The molecule has 0 amide bonds. The highest BCUT2D eigenvalue weighted by molar-refractivity contribution is 8.03. The Labute approximate surface area is 171 Å². The molecule has 27 heavy (non-hydrogen) atoms. The van der Waals surface area contributed by atoms with Gasteiger partial charge >= 0.3 is 0 Å². The summed E-state index contributed by atoms with van der Waals surface area (Å²) in [5.74, 6) is 16.1. The monoisotopic (exact) mass is 384 g/mol. The summed E-state index contributed by atoms with van der Waals surface area (Å²) in [6.45, 7) is 1.78. The summed E-state index contributed by atoms with van der Waals surface area (Å²) < 4.78 is 0. The van der Waals surface area contributed by atoms with Gasteiger partial charge in [0.1, 0.15) is 0 Å². The van der Waals surface area contributed by atoms with Crippen molar-refractivity contribution in [3.8, 4) is 36.0 Å². The van der Waals surface area contributed by atoms with Crippen molar-refractivity contribution in [2.75, 3.05) is 0 Å². The Balaban J connectivity index is 2.07. The molecule has 0 fully saturated rings. The maximum atomic E-state index is 5.68. The fourth-order valence-electron chi connectivity index (χ4n) is 2.04. The quantitative estimate of drug-likeness (QED) is 0.407. The van der Waals surface area contributed by atoms with Crippen LogP contribution in [0.4, 0.5) is 0 Å². The van der Waals surface area contributed by atoms with Crippen molar-refractivity contribution >= 4 is 23.5 Å². The Bertz CT molecular complexity index is 938. The van der Waals surface area contributed by atoms with Crippen LogP contribution in [0.2, 0.25) is 0 Å². The minimum atomic E-state index is 0.851. The van der Waals surface area contributed by atoms with Gasteiger partial charge in [-0.25, -0.2) is 0 Å². The molecule has 2 heteroatoms. The first kappa shape index (κ1) is 20.6. The van der Waals surface area contributed by atoms with Crippen LogP contribution in [0.1, 0.15) is 18.1 Å². The number of thioether (sulfide) groups is 2. The number of hydrogen-bond donors (Lipinski definition) is 0. The molecule has 2 rings (SSSR count). The van der Waals surface area contributed by atoms with E-state index in [4.69, 9.17) is 6.42 Å². The summed E-state index contributed by atoms with van der Waals surface area (Å²) in [7, 11) is 0. The van der Waals surface area contributed by atoms with Crippen molar-refractivity contribution in [1.82, 2.24) is 0 Å². The van der Waals surface area contributed by atoms with Crippen molar-refractivity contribution in [3.05, 3.63) is 93.8 Å². The predicted molar refractivity (Wildman–Crippen MR) is 122 cm³/mol. The zero-order valence-corrected chi connectivity index (χ0v) is 16.9. The van der Waals surface area contributed by atoms with E-state index in [2.05, 4.69) is 53.9 Å². The van der Waals surface area contributed by atoms with E-state index in [-0.39, 0.29) is 0 Å². The van der Waals surface area contributed by atoms with Crippen molar-refractivity contribution in [1.29, 1.82) is 0 Å². The third kappa shape index (κ3) is 8.48. The first-order valence-corrected chi connectivity index (χ1v) is 10.4. The average molecular weight is 385 g/mol.